The van der Waals surface area contributed by atoms with Crippen molar-refractivity contribution in [3.63, 3.8) is 0 Å². The molecule has 0 bridgehead atoms. The first-order valence-electron chi connectivity index (χ1n) is 9.51. The van der Waals surface area contributed by atoms with Crippen LogP contribution in [-0.2, 0) is 4.79 Å². The van der Waals surface area contributed by atoms with Crippen molar-refractivity contribution in [1.82, 2.24) is 15.1 Å². The molecule has 146 valence electrons. The Balaban J connectivity index is 0.00000210. The van der Waals surface area contributed by atoms with Gasteiger partial charge in [0.25, 0.3) is 11.8 Å². The highest BCUT2D eigenvalue weighted by Gasteiger charge is 2.37. The predicted molar refractivity (Wildman–Crippen MR) is 104 cm³/mol. The van der Waals surface area contributed by atoms with Gasteiger partial charge in [0.1, 0.15) is 6.54 Å². The molecule has 1 aromatic carbocycles. The molecule has 2 aliphatic heterocycles. The van der Waals surface area contributed by atoms with Crippen molar-refractivity contribution in [3.8, 4) is 0 Å². The molecule has 0 spiro atoms. The third-order valence-electron chi connectivity index (χ3n) is 5.66. The molecular weight excluding hydrogens is 366 g/mol. The SMILES string of the molecule is Cc1ccc2c(c1)C(=O)N(CC(=O)N1CCC(NCC3CC3)CC1)C2=O.Cl. The minimum absolute atomic E-state index is 0. The van der Waals surface area contributed by atoms with E-state index in [0.29, 0.717) is 30.3 Å². The molecule has 3 amide bonds. The highest BCUT2D eigenvalue weighted by molar-refractivity contribution is 6.22. The normalized spacial score (nSPS) is 19.9. The second kappa shape index (κ2) is 7.98. The molecule has 1 aliphatic carbocycles. The molecule has 0 unspecified atom stereocenters. The molecule has 2 fully saturated rings. The topological polar surface area (TPSA) is 69.7 Å². The molecular formula is C20H26ClN3O3. The van der Waals surface area contributed by atoms with E-state index >= 15 is 0 Å². The Morgan fingerprint density at radius 2 is 1.74 bits per heavy atom. The third kappa shape index (κ3) is 4.17. The number of likely N-dealkylation sites (tertiary alicyclic amines) is 1. The van der Waals surface area contributed by atoms with Crippen LogP contribution in [0.1, 0.15) is 52.0 Å². The first kappa shape index (κ1) is 19.8. The molecule has 0 radical (unpaired) electrons. The van der Waals surface area contributed by atoms with Gasteiger partial charge in [-0.3, -0.25) is 19.3 Å². The van der Waals surface area contributed by atoms with Crippen LogP contribution in [0.3, 0.4) is 0 Å². The average Bonchev–Trinajstić information content (AvgIpc) is 3.44. The molecule has 27 heavy (non-hydrogen) atoms. The number of rotatable bonds is 5. The van der Waals surface area contributed by atoms with Crippen LogP contribution in [0.15, 0.2) is 18.2 Å². The summed E-state index contributed by atoms with van der Waals surface area (Å²) in [6.07, 6.45) is 4.54. The molecule has 4 rings (SSSR count). The van der Waals surface area contributed by atoms with E-state index in [2.05, 4.69) is 5.32 Å². The number of amides is 3. The molecule has 7 heteroatoms. The highest BCUT2D eigenvalue weighted by atomic mass is 35.5. The summed E-state index contributed by atoms with van der Waals surface area (Å²) < 4.78 is 0. The van der Waals surface area contributed by atoms with Gasteiger partial charge in [-0.25, -0.2) is 0 Å². The largest absolute Gasteiger partial charge is 0.341 e. The summed E-state index contributed by atoms with van der Waals surface area (Å²) in [4.78, 5) is 40.5. The Labute approximate surface area is 165 Å². The molecule has 1 saturated heterocycles. The van der Waals surface area contributed by atoms with Gasteiger partial charge in [0.2, 0.25) is 5.91 Å². The quantitative estimate of drug-likeness (QED) is 0.779. The van der Waals surface area contributed by atoms with Gasteiger partial charge in [-0.2, -0.15) is 0 Å². The van der Waals surface area contributed by atoms with E-state index in [1.807, 2.05) is 13.0 Å². The van der Waals surface area contributed by atoms with Gasteiger partial charge in [-0.1, -0.05) is 11.6 Å². The molecule has 1 aromatic rings. The van der Waals surface area contributed by atoms with Crippen molar-refractivity contribution >= 4 is 30.1 Å². The van der Waals surface area contributed by atoms with Crippen LogP contribution in [0.2, 0.25) is 0 Å². The smallest absolute Gasteiger partial charge is 0.262 e. The van der Waals surface area contributed by atoms with Crippen LogP contribution >= 0.6 is 12.4 Å². The number of benzene rings is 1. The maximum atomic E-state index is 12.6. The Morgan fingerprint density at radius 1 is 1.07 bits per heavy atom. The lowest BCUT2D eigenvalue weighted by molar-refractivity contribution is -0.132. The monoisotopic (exact) mass is 391 g/mol. The summed E-state index contributed by atoms with van der Waals surface area (Å²) in [6, 6.07) is 5.68. The van der Waals surface area contributed by atoms with Crippen molar-refractivity contribution in [1.29, 1.82) is 0 Å². The molecule has 6 nitrogen and oxygen atoms in total. The molecule has 1 N–H and O–H groups in total. The van der Waals surface area contributed by atoms with Crippen molar-refractivity contribution < 1.29 is 14.4 Å². The van der Waals surface area contributed by atoms with E-state index in [1.165, 1.54) is 12.8 Å². The van der Waals surface area contributed by atoms with Gasteiger partial charge in [0.05, 0.1) is 11.1 Å². The number of nitrogens with zero attached hydrogens (tertiary/aromatic N) is 2. The lowest BCUT2D eigenvalue weighted by atomic mass is 10.0. The number of fused-ring (bicyclic) bond motifs is 1. The van der Waals surface area contributed by atoms with Gasteiger partial charge in [-0.05, 0) is 57.2 Å². The number of imide groups is 1. The summed E-state index contributed by atoms with van der Waals surface area (Å²) in [5.74, 6) is -0.00800. The fraction of sp³-hybridized carbons (Fsp3) is 0.550. The number of nitrogens with one attached hydrogen (secondary N) is 1. The number of hydrogen-bond donors (Lipinski definition) is 1. The summed E-state index contributed by atoms with van der Waals surface area (Å²) in [7, 11) is 0. The molecule has 3 aliphatic rings. The second-order valence-corrected chi connectivity index (χ2v) is 7.75. The maximum Gasteiger partial charge on any atom is 0.262 e. The standard InChI is InChI=1S/C20H25N3O3.ClH/c1-13-2-5-16-17(10-13)20(26)23(19(16)25)12-18(24)22-8-6-15(7-9-22)21-11-14-3-4-14;/h2,5,10,14-15,21H,3-4,6-9,11-12H2,1H3;1H. The first-order chi connectivity index (χ1) is 12.5. The number of carbonyl (C=O) groups excluding carboxylic acids is 3. The molecule has 0 aromatic heterocycles. The van der Waals surface area contributed by atoms with E-state index in [0.717, 1.165) is 35.8 Å². The van der Waals surface area contributed by atoms with Crippen LogP contribution in [-0.4, -0.2) is 59.7 Å². The van der Waals surface area contributed by atoms with Gasteiger partial charge in [-0.15, -0.1) is 12.4 Å². The van der Waals surface area contributed by atoms with Gasteiger partial charge < -0.3 is 10.2 Å². The van der Waals surface area contributed by atoms with Crippen LogP contribution in [0.5, 0.6) is 0 Å². The van der Waals surface area contributed by atoms with Crippen molar-refractivity contribution in [2.24, 2.45) is 5.92 Å². The van der Waals surface area contributed by atoms with Gasteiger partial charge in [0, 0.05) is 19.1 Å². The van der Waals surface area contributed by atoms with E-state index in [4.69, 9.17) is 0 Å². The zero-order valence-electron chi connectivity index (χ0n) is 15.6. The van der Waals surface area contributed by atoms with Crippen LogP contribution in [0.4, 0.5) is 0 Å². The summed E-state index contributed by atoms with van der Waals surface area (Å²) >= 11 is 0. The first-order valence-corrected chi connectivity index (χ1v) is 9.51. The van der Waals surface area contributed by atoms with Gasteiger partial charge in [0.15, 0.2) is 0 Å². The maximum absolute atomic E-state index is 12.6. The number of carbonyl (C=O) groups is 3. The average molecular weight is 392 g/mol. The molecule has 1 saturated carbocycles. The van der Waals surface area contributed by atoms with Gasteiger partial charge >= 0.3 is 0 Å². The predicted octanol–water partition coefficient (Wildman–Crippen LogP) is 2.00. The van der Waals surface area contributed by atoms with Crippen LogP contribution in [0, 0.1) is 12.8 Å². The lowest BCUT2D eigenvalue weighted by Crippen LogP contribution is -2.49. The zero-order valence-corrected chi connectivity index (χ0v) is 16.4. The summed E-state index contributed by atoms with van der Waals surface area (Å²) in [5, 5.41) is 3.59. The Bertz CT molecular complexity index is 755. The summed E-state index contributed by atoms with van der Waals surface area (Å²) in [6.45, 7) is 4.18. The fourth-order valence-corrected chi connectivity index (χ4v) is 3.77. The van der Waals surface area contributed by atoms with E-state index in [1.54, 1.807) is 17.0 Å². The van der Waals surface area contributed by atoms with Crippen LogP contribution in [0.25, 0.3) is 0 Å². The van der Waals surface area contributed by atoms with E-state index in [-0.39, 0.29) is 36.7 Å². The Kier molecular flexibility index (Phi) is 5.86. The Morgan fingerprint density at radius 3 is 2.41 bits per heavy atom. The van der Waals surface area contributed by atoms with E-state index in [9.17, 15) is 14.4 Å². The third-order valence-corrected chi connectivity index (χ3v) is 5.66. The van der Waals surface area contributed by atoms with Crippen molar-refractivity contribution in [2.45, 2.75) is 38.6 Å². The fourth-order valence-electron chi connectivity index (χ4n) is 3.77. The minimum Gasteiger partial charge on any atom is -0.341 e. The number of aryl methyl sites for hydroxylation is 1. The summed E-state index contributed by atoms with van der Waals surface area (Å²) in [5.41, 5.74) is 1.74. The van der Waals surface area contributed by atoms with E-state index < -0.39 is 0 Å². The second-order valence-electron chi connectivity index (χ2n) is 7.75. The molecule has 0 atom stereocenters. The number of piperidine rings is 1. The molecule has 2 heterocycles. The Hall–Kier alpha value is -1.92. The van der Waals surface area contributed by atoms with Crippen LogP contribution < -0.4 is 5.32 Å². The number of hydrogen-bond acceptors (Lipinski definition) is 4. The zero-order chi connectivity index (χ0) is 18.3. The lowest BCUT2D eigenvalue weighted by Gasteiger charge is -2.33. The highest BCUT2D eigenvalue weighted by Crippen LogP contribution is 2.28. The number of halogens is 1. The minimum atomic E-state index is -0.362. The van der Waals surface area contributed by atoms with Crippen molar-refractivity contribution in [2.75, 3.05) is 26.2 Å². The van der Waals surface area contributed by atoms with Crippen molar-refractivity contribution in [3.05, 3.63) is 34.9 Å².